The second kappa shape index (κ2) is 6.00. The molecule has 2 heterocycles. The number of rotatable bonds is 3. The molecule has 2 aliphatic heterocycles. The third-order valence-electron chi connectivity index (χ3n) is 4.75. The number of carbonyl (C=O) groups excluding carboxylic acids is 2. The Morgan fingerprint density at radius 3 is 2.52 bits per heavy atom. The molecule has 4 rings (SSSR count). The molecule has 2 unspecified atom stereocenters. The Hall–Kier alpha value is -1.82. The van der Waals surface area contributed by atoms with Gasteiger partial charge in [-0.15, -0.1) is 0 Å². The van der Waals surface area contributed by atoms with E-state index >= 15 is 0 Å². The Labute approximate surface area is 139 Å². The van der Waals surface area contributed by atoms with E-state index in [0.29, 0.717) is 35.5 Å². The van der Waals surface area contributed by atoms with E-state index in [2.05, 4.69) is 5.32 Å². The predicted octanol–water partition coefficient (Wildman–Crippen LogP) is 2.29. The van der Waals surface area contributed by atoms with Crippen LogP contribution in [0, 0.1) is 0 Å². The molecular weight excluding hydrogens is 310 g/mol. The highest BCUT2D eigenvalue weighted by Gasteiger charge is 2.35. The molecule has 0 spiro atoms. The summed E-state index contributed by atoms with van der Waals surface area (Å²) in [6, 6.07) is 7.94. The molecule has 0 radical (unpaired) electrons. The zero-order chi connectivity index (χ0) is 15.8. The van der Waals surface area contributed by atoms with E-state index in [-0.39, 0.29) is 11.8 Å². The monoisotopic (exact) mass is 329 g/mol. The number of hydrogen-bond donors (Lipinski definition) is 1. The number of thioether (sulfide) groups is 1. The fourth-order valence-corrected chi connectivity index (χ4v) is 4.45. The molecule has 1 aromatic carbocycles. The second-order valence-electron chi connectivity index (χ2n) is 6.19. The second-order valence-corrected chi connectivity index (χ2v) is 7.28. The van der Waals surface area contributed by atoms with Gasteiger partial charge < -0.3 is 5.32 Å². The van der Waals surface area contributed by atoms with Crippen LogP contribution in [-0.2, 0) is 0 Å². The van der Waals surface area contributed by atoms with Crippen molar-refractivity contribution in [3.8, 4) is 0 Å². The highest BCUT2D eigenvalue weighted by atomic mass is 32.2. The van der Waals surface area contributed by atoms with Gasteiger partial charge in [-0.1, -0.05) is 36.7 Å². The zero-order valence-corrected chi connectivity index (χ0v) is 13.6. The van der Waals surface area contributed by atoms with Gasteiger partial charge in [-0.3, -0.25) is 19.5 Å². The molecule has 5 nitrogen and oxygen atoms in total. The third-order valence-corrected chi connectivity index (χ3v) is 5.64. The molecule has 3 aliphatic rings. The van der Waals surface area contributed by atoms with Crippen LogP contribution in [0.3, 0.4) is 0 Å². The summed E-state index contributed by atoms with van der Waals surface area (Å²) in [5.41, 5.74) is 1.04. The van der Waals surface area contributed by atoms with E-state index < -0.39 is 0 Å². The fourth-order valence-electron chi connectivity index (χ4n) is 3.54. The molecule has 6 heteroatoms. The van der Waals surface area contributed by atoms with Crippen LogP contribution in [0.5, 0.6) is 0 Å². The first-order chi connectivity index (χ1) is 11.2. The van der Waals surface area contributed by atoms with Gasteiger partial charge in [-0.05, 0) is 25.0 Å². The van der Waals surface area contributed by atoms with Crippen molar-refractivity contribution >= 4 is 28.7 Å². The Kier molecular flexibility index (Phi) is 3.85. The van der Waals surface area contributed by atoms with E-state index in [1.165, 1.54) is 30.6 Å². The van der Waals surface area contributed by atoms with Gasteiger partial charge in [0.15, 0.2) is 5.17 Å². The minimum Gasteiger partial charge on any atom is -0.360 e. The number of carbonyl (C=O) groups is 2. The first kappa shape index (κ1) is 14.8. The number of fused-ring (bicyclic) bond motifs is 2. The van der Waals surface area contributed by atoms with Crippen molar-refractivity contribution in [2.45, 2.75) is 37.8 Å². The summed E-state index contributed by atoms with van der Waals surface area (Å²) in [6.45, 7) is 0.424. The van der Waals surface area contributed by atoms with Gasteiger partial charge in [0.25, 0.3) is 11.8 Å². The molecule has 1 saturated carbocycles. The highest BCUT2D eigenvalue weighted by Crippen LogP contribution is 2.27. The van der Waals surface area contributed by atoms with Gasteiger partial charge in [0.05, 0.1) is 23.2 Å². The van der Waals surface area contributed by atoms with E-state index in [1.54, 1.807) is 36.0 Å². The maximum Gasteiger partial charge on any atom is 0.261 e. The van der Waals surface area contributed by atoms with Crippen LogP contribution < -0.4 is 5.32 Å². The smallest absolute Gasteiger partial charge is 0.261 e. The van der Waals surface area contributed by atoms with Crippen molar-refractivity contribution in [3.63, 3.8) is 0 Å². The molecule has 1 aromatic rings. The number of aliphatic imine (C=N–C) groups is 1. The SMILES string of the molecule is O=C1c2ccccc2C(=O)N1CCSC1=NC2CCCCC2N1. The van der Waals surface area contributed by atoms with E-state index in [9.17, 15) is 9.59 Å². The molecule has 2 amide bonds. The minimum atomic E-state index is -0.179. The van der Waals surface area contributed by atoms with Crippen molar-refractivity contribution < 1.29 is 9.59 Å². The van der Waals surface area contributed by atoms with Crippen LogP contribution >= 0.6 is 11.8 Å². The fraction of sp³-hybridized carbons (Fsp3) is 0.471. The van der Waals surface area contributed by atoms with Crippen molar-refractivity contribution in [2.24, 2.45) is 4.99 Å². The number of benzene rings is 1. The standard InChI is InChI=1S/C17H19N3O2S/c21-15-11-5-1-2-6-12(11)16(22)20(15)9-10-23-17-18-13-7-3-4-8-14(13)19-17/h1-2,5-6,13-14H,3-4,7-10H2,(H,18,19). The van der Waals surface area contributed by atoms with E-state index in [1.807, 2.05) is 0 Å². The van der Waals surface area contributed by atoms with Gasteiger partial charge in [-0.25, -0.2) is 0 Å². The van der Waals surface area contributed by atoms with E-state index in [0.717, 1.165) is 5.17 Å². The first-order valence-electron chi connectivity index (χ1n) is 8.16. The summed E-state index contributed by atoms with van der Waals surface area (Å²) in [6.07, 6.45) is 4.90. The van der Waals surface area contributed by atoms with Crippen molar-refractivity contribution in [1.82, 2.24) is 10.2 Å². The Balaban J connectivity index is 1.34. The van der Waals surface area contributed by atoms with Gasteiger partial charge in [0.2, 0.25) is 0 Å². The van der Waals surface area contributed by atoms with Crippen LogP contribution in [0.25, 0.3) is 0 Å². The lowest BCUT2D eigenvalue weighted by atomic mass is 9.92. The molecule has 23 heavy (non-hydrogen) atoms. The Morgan fingerprint density at radius 2 is 1.83 bits per heavy atom. The van der Waals surface area contributed by atoms with Crippen LogP contribution in [0.15, 0.2) is 29.3 Å². The number of hydrogen-bond acceptors (Lipinski definition) is 5. The summed E-state index contributed by atoms with van der Waals surface area (Å²) in [5.74, 6) is 0.318. The van der Waals surface area contributed by atoms with Crippen LogP contribution in [0.2, 0.25) is 0 Å². The molecule has 2 atom stereocenters. The van der Waals surface area contributed by atoms with Crippen LogP contribution in [0.1, 0.15) is 46.4 Å². The average Bonchev–Trinajstić information content (AvgIpc) is 3.09. The molecule has 1 fully saturated rings. The summed E-state index contributed by atoms with van der Waals surface area (Å²) >= 11 is 1.61. The number of amidine groups is 1. The highest BCUT2D eigenvalue weighted by molar-refractivity contribution is 8.13. The average molecular weight is 329 g/mol. The topological polar surface area (TPSA) is 61.8 Å². The first-order valence-corrected chi connectivity index (χ1v) is 9.15. The zero-order valence-electron chi connectivity index (χ0n) is 12.8. The largest absolute Gasteiger partial charge is 0.360 e. The number of nitrogens with one attached hydrogen (secondary N) is 1. The lowest BCUT2D eigenvalue weighted by Gasteiger charge is -2.23. The summed E-state index contributed by atoms with van der Waals surface area (Å²) in [5, 5.41) is 4.45. The maximum absolute atomic E-state index is 12.3. The van der Waals surface area contributed by atoms with E-state index in [4.69, 9.17) is 4.99 Å². The van der Waals surface area contributed by atoms with Gasteiger partial charge in [0, 0.05) is 12.3 Å². The predicted molar refractivity (Wildman–Crippen MR) is 90.9 cm³/mol. The van der Waals surface area contributed by atoms with Gasteiger partial charge in [-0.2, -0.15) is 0 Å². The minimum absolute atomic E-state index is 0.179. The van der Waals surface area contributed by atoms with Gasteiger partial charge >= 0.3 is 0 Å². The number of nitrogens with zero attached hydrogens (tertiary/aromatic N) is 2. The summed E-state index contributed by atoms with van der Waals surface area (Å²) < 4.78 is 0. The van der Waals surface area contributed by atoms with Gasteiger partial charge in [0.1, 0.15) is 0 Å². The summed E-state index contributed by atoms with van der Waals surface area (Å²) in [4.78, 5) is 30.7. The lowest BCUT2D eigenvalue weighted by Crippen LogP contribution is -2.36. The van der Waals surface area contributed by atoms with Crippen molar-refractivity contribution in [2.75, 3.05) is 12.3 Å². The Morgan fingerprint density at radius 1 is 1.13 bits per heavy atom. The molecule has 0 saturated heterocycles. The van der Waals surface area contributed by atoms with Crippen molar-refractivity contribution in [3.05, 3.63) is 35.4 Å². The van der Waals surface area contributed by atoms with Crippen LogP contribution in [0.4, 0.5) is 0 Å². The van der Waals surface area contributed by atoms with Crippen molar-refractivity contribution in [1.29, 1.82) is 0 Å². The lowest BCUT2D eigenvalue weighted by molar-refractivity contribution is 0.0664. The molecule has 1 aliphatic carbocycles. The number of imide groups is 1. The molecule has 120 valence electrons. The maximum atomic E-state index is 12.3. The molecule has 0 aromatic heterocycles. The molecule has 0 bridgehead atoms. The number of amides is 2. The summed E-state index contributed by atoms with van der Waals surface area (Å²) in [7, 11) is 0. The Bertz CT molecular complexity index is 653. The quantitative estimate of drug-likeness (QED) is 0.864. The molecular formula is C17H19N3O2S. The normalized spacial score (nSPS) is 25.9. The van der Waals surface area contributed by atoms with Crippen LogP contribution in [-0.4, -0.2) is 46.3 Å². The third kappa shape index (κ3) is 2.65. The molecule has 1 N–H and O–H groups in total.